The zero-order valence-corrected chi connectivity index (χ0v) is 27.2. The molecule has 12 heteroatoms. The third-order valence-corrected chi connectivity index (χ3v) is 10.4. The van der Waals surface area contributed by atoms with E-state index in [0.717, 1.165) is 75.8 Å². The van der Waals surface area contributed by atoms with Crippen LogP contribution in [0.4, 0.5) is 0 Å². The summed E-state index contributed by atoms with van der Waals surface area (Å²) in [5.41, 5.74) is 0. The molecule has 2 fully saturated rings. The molecule has 0 radical (unpaired) electrons. The molecule has 1 aromatic rings. The first-order valence-electron chi connectivity index (χ1n) is 15.2. The number of hydrogen-bond donors (Lipinski definition) is 2. The smallest absolute Gasteiger partial charge is 0.159 e. The van der Waals surface area contributed by atoms with Crippen molar-refractivity contribution in [3.63, 3.8) is 0 Å². The van der Waals surface area contributed by atoms with Gasteiger partial charge in [0.1, 0.15) is 36.9 Å². The quantitative estimate of drug-likeness (QED) is 0.405. The average Bonchev–Trinajstić information content (AvgIpc) is 3.52. The molecule has 2 saturated heterocycles. The molecular weight excluding hydrogens is 573 g/mol. The molecule has 42 heavy (non-hydrogen) atoms. The van der Waals surface area contributed by atoms with Crippen molar-refractivity contribution in [2.24, 2.45) is 9.98 Å². The predicted octanol–water partition coefficient (Wildman–Crippen LogP) is 2.16. The molecule has 0 saturated carbocycles. The van der Waals surface area contributed by atoms with Gasteiger partial charge in [-0.15, -0.1) is 0 Å². The predicted molar refractivity (Wildman–Crippen MR) is 173 cm³/mol. The number of aliphatic hydroxyl groups is 2. The SMILES string of the molecule is CC1(C)CN=C(N2CCN(C[C@H](O)COc3ccc(OC[C@@H](O)CN4CCN(C5=NCC(C)(C)S5)CC4)cc3)CC2)S1. The molecule has 1 aromatic carbocycles. The van der Waals surface area contributed by atoms with Crippen LogP contribution < -0.4 is 9.47 Å². The Morgan fingerprint density at radius 2 is 1.02 bits per heavy atom. The monoisotopic (exact) mass is 620 g/mol. The molecule has 5 rings (SSSR count). The maximum atomic E-state index is 10.6. The summed E-state index contributed by atoms with van der Waals surface area (Å²) in [4.78, 5) is 18.8. The number of thioether (sulfide) groups is 2. The Hall–Kier alpha value is -1.70. The lowest BCUT2D eigenvalue weighted by atomic mass is 10.2. The fraction of sp³-hybridized carbons (Fsp3) is 0.733. The Kier molecular flexibility index (Phi) is 10.5. The van der Waals surface area contributed by atoms with Gasteiger partial charge in [-0.3, -0.25) is 19.8 Å². The summed E-state index contributed by atoms with van der Waals surface area (Å²) in [5.74, 6) is 1.38. The van der Waals surface area contributed by atoms with Crippen LogP contribution in [-0.2, 0) is 0 Å². The number of aliphatic hydroxyl groups excluding tert-OH is 2. The third kappa shape index (κ3) is 9.15. The van der Waals surface area contributed by atoms with E-state index in [9.17, 15) is 10.2 Å². The fourth-order valence-corrected chi connectivity index (χ4v) is 7.56. The van der Waals surface area contributed by atoms with Crippen LogP contribution in [0.15, 0.2) is 34.3 Å². The topological polar surface area (TPSA) is 96.6 Å². The molecule has 234 valence electrons. The van der Waals surface area contributed by atoms with Crippen LogP contribution in [-0.4, -0.2) is 154 Å². The molecule has 2 N–H and O–H groups in total. The van der Waals surface area contributed by atoms with Crippen molar-refractivity contribution in [1.29, 1.82) is 0 Å². The van der Waals surface area contributed by atoms with Crippen molar-refractivity contribution in [1.82, 2.24) is 19.6 Å². The number of benzene rings is 1. The van der Waals surface area contributed by atoms with Crippen LogP contribution in [0.3, 0.4) is 0 Å². The van der Waals surface area contributed by atoms with E-state index < -0.39 is 12.2 Å². The van der Waals surface area contributed by atoms with Gasteiger partial charge in [-0.25, -0.2) is 0 Å². The molecule has 0 aromatic heterocycles. The Bertz CT molecular complexity index is 1000. The first-order valence-corrected chi connectivity index (χ1v) is 16.8. The molecule has 2 atom stereocenters. The Labute approximate surface area is 259 Å². The molecule has 4 aliphatic heterocycles. The van der Waals surface area contributed by atoms with E-state index in [1.165, 1.54) is 0 Å². The first-order chi connectivity index (χ1) is 20.0. The summed E-state index contributed by atoms with van der Waals surface area (Å²) < 4.78 is 12.1. The molecule has 0 amide bonds. The Morgan fingerprint density at radius 3 is 1.33 bits per heavy atom. The van der Waals surface area contributed by atoms with E-state index in [1.807, 2.05) is 47.8 Å². The lowest BCUT2D eigenvalue weighted by Gasteiger charge is -2.36. The lowest BCUT2D eigenvalue weighted by Crippen LogP contribution is -2.50. The van der Waals surface area contributed by atoms with Gasteiger partial charge >= 0.3 is 0 Å². The van der Waals surface area contributed by atoms with Crippen LogP contribution in [0.2, 0.25) is 0 Å². The minimum Gasteiger partial charge on any atom is -0.491 e. The van der Waals surface area contributed by atoms with Crippen molar-refractivity contribution >= 4 is 33.9 Å². The molecule has 0 bridgehead atoms. The number of nitrogens with zero attached hydrogens (tertiary/aromatic N) is 6. The number of hydrogen-bond acceptors (Lipinski definition) is 12. The Morgan fingerprint density at radius 1 is 0.667 bits per heavy atom. The minimum atomic E-state index is -0.557. The van der Waals surface area contributed by atoms with E-state index >= 15 is 0 Å². The third-order valence-electron chi connectivity index (χ3n) is 7.86. The van der Waals surface area contributed by atoms with Crippen LogP contribution in [0.1, 0.15) is 27.7 Å². The highest BCUT2D eigenvalue weighted by Crippen LogP contribution is 2.34. The van der Waals surface area contributed by atoms with Crippen molar-refractivity contribution in [2.45, 2.75) is 49.4 Å². The van der Waals surface area contributed by atoms with Gasteiger partial charge in [-0.1, -0.05) is 23.5 Å². The van der Waals surface area contributed by atoms with Crippen LogP contribution in [0.5, 0.6) is 11.5 Å². The van der Waals surface area contributed by atoms with Gasteiger partial charge < -0.3 is 29.5 Å². The highest BCUT2D eigenvalue weighted by atomic mass is 32.2. The zero-order valence-electron chi connectivity index (χ0n) is 25.6. The standard InChI is InChI=1S/C30H48N6O4S2/c1-29(2)21-31-27(41-29)35-13-9-33(10-14-35)17-23(37)19-39-25-5-7-26(8-6-25)40-20-24(38)18-34-11-15-36(16-12-34)28-32-22-30(3,4)42-28/h5-8,23-24,37-38H,9-22H2,1-4H3/t23-,24-/m0/s1. The minimum absolute atomic E-state index is 0.199. The van der Waals surface area contributed by atoms with E-state index in [1.54, 1.807) is 0 Å². The summed E-state index contributed by atoms with van der Waals surface area (Å²) in [6.45, 7) is 19.8. The zero-order chi connectivity index (χ0) is 29.7. The van der Waals surface area contributed by atoms with Crippen molar-refractivity contribution < 1.29 is 19.7 Å². The molecule has 4 aliphatic rings. The summed E-state index contributed by atoms with van der Waals surface area (Å²) in [5, 5.41) is 23.4. The maximum absolute atomic E-state index is 10.6. The lowest BCUT2D eigenvalue weighted by molar-refractivity contribution is 0.0548. The molecule has 0 spiro atoms. The summed E-state index contributed by atoms with van der Waals surface area (Å²) in [7, 11) is 0. The number of amidine groups is 2. The molecular formula is C30H48N6O4S2. The fourth-order valence-electron chi connectivity index (χ4n) is 5.43. The van der Waals surface area contributed by atoms with E-state index in [-0.39, 0.29) is 22.7 Å². The van der Waals surface area contributed by atoms with Gasteiger partial charge in [0.2, 0.25) is 0 Å². The number of β-amino-alcohol motifs (C(OH)–C–C–N with tert-alkyl or cyclic N) is 2. The number of rotatable bonds is 10. The van der Waals surface area contributed by atoms with Gasteiger partial charge in [-0.2, -0.15) is 0 Å². The van der Waals surface area contributed by atoms with Crippen LogP contribution in [0.25, 0.3) is 0 Å². The largest absolute Gasteiger partial charge is 0.491 e. The summed E-state index contributed by atoms with van der Waals surface area (Å²) >= 11 is 3.74. The van der Waals surface area contributed by atoms with Crippen molar-refractivity contribution in [3.05, 3.63) is 24.3 Å². The Balaban J connectivity index is 0.938. The second-order valence-electron chi connectivity index (χ2n) is 12.9. The second-order valence-corrected chi connectivity index (χ2v) is 16.2. The maximum Gasteiger partial charge on any atom is 0.159 e. The summed E-state index contributed by atoms with van der Waals surface area (Å²) in [6, 6.07) is 7.38. The number of aliphatic imine (C=N–C) groups is 2. The molecule has 0 aliphatic carbocycles. The molecule has 4 heterocycles. The highest BCUT2D eigenvalue weighted by molar-refractivity contribution is 8.15. The van der Waals surface area contributed by atoms with Gasteiger partial charge in [-0.05, 0) is 52.0 Å². The summed E-state index contributed by atoms with van der Waals surface area (Å²) in [6.07, 6.45) is -1.11. The van der Waals surface area contributed by atoms with Crippen LogP contribution >= 0.6 is 23.5 Å². The van der Waals surface area contributed by atoms with Gasteiger partial charge in [0.25, 0.3) is 0 Å². The molecule has 10 nitrogen and oxygen atoms in total. The second kappa shape index (κ2) is 13.9. The number of piperazine rings is 2. The van der Waals surface area contributed by atoms with Crippen molar-refractivity contribution in [3.8, 4) is 11.5 Å². The number of ether oxygens (including phenoxy) is 2. The van der Waals surface area contributed by atoms with Crippen LogP contribution in [0, 0.1) is 0 Å². The molecule has 0 unspecified atom stereocenters. The van der Waals surface area contributed by atoms with E-state index in [4.69, 9.17) is 19.5 Å². The normalized spacial score (nSPS) is 24.3. The first kappa shape index (κ1) is 31.7. The average molecular weight is 621 g/mol. The van der Waals surface area contributed by atoms with Gasteiger partial charge in [0.05, 0.1) is 13.1 Å². The van der Waals surface area contributed by atoms with Crippen molar-refractivity contribution in [2.75, 3.05) is 91.8 Å². The van der Waals surface area contributed by atoms with E-state index in [2.05, 4.69) is 47.3 Å². The van der Waals surface area contributed by atoms with Gasteiger partial charge in [0.15, 0.2) is 10.3 Å². The van der Waals surface area contributed by atoms with Gasteiger partial charge in [0, 0.05) is 74.9 Å². The van der Waals surface area contributed by atoms with E-state index in [0.29, 0.717) is 24.6 Å². The highest BCUT2D eigenvalue weighted by Gasteiger charge is 2.33.